The van der Waals surface area contributed by atoms with E-state index in [-0.39, 0.29) is 21.6 Å². The second-order valence-corrected chi connectivity index (χ2v) is 7.37. The topological polar surface area (TPSA) is 102 Å². The van der Waals surface area contributed by atoms with Gasteiger partial charge in [0, 0.05) is 12.6 Å². The van der Waals surface area contributed by atoms with Crippen molar-refractivity contribution in [2.24, 2.45) is 10.7 Å². The highest BCUT2D eigenvalue weighted by molar-refractivity contribution is 6.36. The number of alkyl halides is 3. The second kappa shape index (κ2) is 7.88. The molecule has 7 nitrogen and oxygen atoms in total. The molecule has 1 amide bonds. The van der Waals surface area contributed by atoms with Crippen molar-refractivity contribution in [1.82, 2.24) is 9.97 Å². The lowest BCUT2D eigenvalue weighted by molar-refractivity contribution is -0.164. The Labute approximate surface area is 177 Å². The number of carbonyl (C=O) groups is 1. The molecule has 3 heterocycles. The molecule has 30 heavy (non-hydrogen) atoms. The molecule has 0 aliphatic carbocycles. The van der Waals surface area contributed by atoms with E-state index in [4.69, 9.17) is 33.7 Å². The third kappa shape index (κ3) is 4.57. The van der Waals surface area contributed by atoms with Crippen molar-refractivity contribution >= 4 is 40.9 Å². The number of nitrogens with two attached hydrogens (primary N) is 1. The molecule has 0 bridgehead atoms. The van der Waals surface area contributed by atoms with Crippen LogP contribution in [-0.2, 0) is 10.3 Å². The van der Waals surface area contributed by atoms with Gasteiger partial charge in [0.1, 0.15) is 23.0 Å². The van der Waals surface area contributed by atoms with E-state index in [2.05, 4.69) is 20.3 Å². The van der Waals surface area contributed by atoms with Crippen LogP contribution in [-0.4, -0.2) is 34.1 Å². The average molecular weight is 466 g/mol. The van der Waals surface area contributed by atoms with Crippen LogP contribution in [0.25, 0.3) is 0 Å². The average Bonchev–Trinajstić information content (AvgIpc) is 2.61. The van der Waals surface area contributed by atoms with Crippen LogP contribution in [0.5, 0.6) is 0 Å². The molecule has 3 rings (SSSR count). The number of carbonyl (C=O) groups excluding carboxylic acids is 1. The van der Waals surface area contributed by atoms with Crippen molar-refractivity contribution in [1.29, 1.82) is 0 Å². The summed E-state index contributed by atoms with van der Waals surface area (Å²) in [6.07, 6.45) is -4.28. The van der Waals surface area contributed by atoms with E-state index in [1.165, 1.54) is 19.2 Å². The predicted molar refractivity (Wildman–Crippen MR) is 101 cm³/mol. The Morgan fingerprint density at radius 3 is 2.70 bits per heavy atom. The number of pyridine rings is 2. The number of ether oxygens (including phenoxy) is 1. The molecule has 2 aromatic rings. The first-order valence-corrected chi connectivity index (χ1v) is 9.03. The van der Waals surface area contributed by atoms with Gasteiger partial charge in [0.2, 0.25) is 0 Å². The van der Waals surface area contributed by atoms with E-state index in [1.54, 1.807) is 0 Å². The molecule has 0 spiro atoms. The zero-order valence-corrected chi connectivity index (χ0v) is 16.6. The molecule has 13 heteroatoms. The van der Waals surface area contributed by atoms with Gasteiger partial charge in [-0.1, -0.05) is 23.2 Å². The van der Waals surface area contributed by atoms with Gasteiger partial charge in [-0.25, -0.2) is 19.4 Å². The van der Waals surface area contributed by atoms with Crippen molar-refractivity contribution < 1.29 is 27.1 Å². The zero-order chi connectivity index (χ0) is 22.3. The monoisotopic (exact) mass is 465 g/mol. The summed E-state index contributed by atoms with van der Waals surface area (Å²) in [5, 5.41) is 2.52. The molecular weight excluding hydrogens is 453 g/mol. The smallest absolute Gasteiger partial charge is 0.411 e. The van der Waals surface area contributed by atoms with Crippen LogP contribution < -0.4 is 11.1 Å². The molecule has 2 atom stereocenters. The van der Waals surface area contributed by atoms with Crippen LogP contribution in [0.1, 0.15) is 29.5 Å². The number of amidine groups is 1. The van der Waals surface area contributed by atoms with E-state index in [0.29, 0.717) is 0 Å². The van der Waals surface area contributed by atoms with Gasteiger partial charge in [0.15, 0.2) is 11.6 Å². The number of hydrogen-bond donors (Lipinski definition) is 2. The van der Waals surface area contributed by atoms with E-state index in [1.807, 2.05) is 0 Å². The van der Waals surface area contributed by atoms with Crippen molar-refractivity contribution in [3.8, 4) is 0 Å². The van der Waals surface area contributed by atoms with Crippen LogP contribution in [0.4, 0.5) is 23.4 Å². The Bertz CT molecular complexity index is 1030. The van der Waals surface area contributed by atoms with Crippen molar-refractivity contribution in [2.45, 2.75) is 31.2 Å². The molecule has 0 radical (unpaired) electrons. The highest BCUT2D eigenvalue weighted by atomic mass is 35.5. The molecule has 1 aliphatic heterocycles. The first-order chi connectivity index (χ1) is 13.9. The van der Waals surface area contributed by atoms with Gasteiger partial charge in [0.25, 0.3) is 11.9 Å². The third-order valence-electron chi connectivity index (χ3n) is 4.19. The summed E-state index contributed by atoms with van der Waals surface area (Å²) in [5.41, 5.74) is 2.84. The molecule has 0 saturated carbocycles. The predicted octanol–water partition coefficient (Wildman–Crippen LogP) is 4.06. The van der Waals surface area contributed by atoms with Crippen LogP contribution >= 0.6 is 23.2 Å². The Balaban J connectivity index is 1.92. The lowest BCUT2D eigenvalue weighted by atomic mass is 9.91. The first kappa shape index (κ1) is 22.0. The van der Waals surface area contributed by atoms with Gasteiger partial charge >= 0.3 is 6.18 Å². The van der Waals surface area contributed by atoms with E-state index in [9.17, 15) is 22.4 Å². The summed E-state index contributed by atoms with van der Waals surface area (Å²) in [4.78, 5) is 23.3. The number of amides is 1. The fraction of sp³-hybridized carbons (Fsp3) is 0.294. The van der Waals surface area contributed by atoms with Crippen LogP contribution in [0.2, 0.25) is 10.0 Å². The maximum atomic E-state index is 14.5. The van der Waals surface area contributed by atoms with Gasteiger partial charge in [-0.2, -0.15) is 13.2 Å². The second-order valence-electron chi connectivity index (χ2n) is 6.53. The number of nitrogens with zero attached hydrogens (tertiary/aromatic N) is 3. The lowest BCUT2D eigenvalue weighted by Crippen LogP contribution is -2.46. The van der Waals surface area contributed by atoms with Crippen molar-refractivity contribution in [3.63, 3.8) is 0 Å². The molecule has 2 aromatic heterocycles. The minimum atomic E-state index is -4.71. The Hall–Kier alpha value is -2.66. The van der Waals surface area contributed by atoms with Gasteiger partial charge in [0.05, 0.1) is 10.0 Å². The fourth-order valence-electron chi connectivity index (χ4n) is 2.84. The SMILES string of the molecule is C[C@@]1(c2nc(NC(=O)c3ncc(Cl)cc3Cl)ccc2F)C[C@@H](C(F)(F)F)N=C(N)O1. The quantitative estimate of drug-likeness (QED) is 0.665. The highest BCUT2D eigenvalue weighted by Gasteiger charge is 2.50. The standard InChI is InChI=1S/C17H13Cl2F4N5O2/c1-16(5-10(17(21,22)23)26-15(24)30-16)13-9(20)2-3-11(27-13)28-14(29)12-8(19)4-7(18)6-25-12/h2-4,6,10H,5H2,1H3,(H2,24,26)(H,27,28,29)/t10-,16-/m0/s1. The largest absolute Gasteiger partial charge is 0.452 e. The van der Waals surface area contributed by atoms with Crippen molar-refractivity contribution in [3.05, 3.63) is 51.6 Å². The fourth-order valence-corrected chi connectivity index (χ4v) is 3.31. The summed E-state index contributed by atoms with van der Waals surface area (Å²) in [5.74, 6) is -1.90. The summed E-state index contributed by atoms with van der Waals surface area (Å²) in [6, 6.07) is 0.385. The normalized spacial score (nSPS) is 21.6. The number of aromatic nitrogens is 2. The van der Waals surface area contributed by atoms with Gasteiger partial charge in [-0.05, 0) is 25.1 Å². The number of nitrogens with one attached hydrogen (secondary N) is 1. The molecule has 3 N–H and O–H groups in total. The first-order valence-electron chi connectivity index (χ1n) is 8.27. The molecule has 0 fully saturated rings. The Kier molecular flexibility index (Phi) is 5.79. The number of anilines is 1. The number of aliphatic imine (C=N–C) groups is 1. The van der Waals surface area contributed by atoms with Gasteiger partial charge in [-0.3, -0.25) is 4.79 Å². The Morgan fingerprint density at radius 1 is 1.37 bits per heavy atom. The number of halogens is 6. The van der Waals surface area contributed by atoms with Gasteiger partial charge < -0.3 is 15.8 Å². The van der Waals surface area contributed by atoms with Gasteiger partial charge in [-0.15, -0.1) is 0 Å². The van der Waals surface area contributed by atoms with Crippen LogP contribution in [0, 0.1) is 5.82 Å². The highest BCUT2D eigenvalue weighted by Crippen LogP contribution is 2.40. The molecule has 0 aromatic carbocycles. The third-order valence-corrected chi connectivity index (χ3v) is 4.68. The van der Waals surface area contributed by atoms with Crippen LogP contribution in [0.15, 0.2) is 29.4 Å². The molecule has 0 unspecified atom stereocenters. The molecular formula is C17H13Cl2F4N5O2. The van der Waals surface area contributed by atoms with E-state index >= 15 is 0 Å². The minimum absolute atomic E-state index is 0.0399. The Morgan fingerprint density at radius 2 is 2.07 bits per heavy atom. The summed E-state index contributed by atoms with van der Waals surface area (Å²) in [7, 11) is 0. The maximum absolute atomic E-state index is 14.5. The van der Waals surface area contributed by atoms with E-state index < -0.39 is 47.7 Å². The zero-order valence-electron chi connectivity index (χ0n) is 15.1. The maximum Gasteiger partial charge on any atom is 0.411 e. The van der Waals surface area contributed by atoms with Crippen molar-refractivity contribution in [2.75, 3.05) is 5.32 Å². The lowest BCUT2D eigenvalue weighted by Gasteiger charge is -2.36. The number of rotatable bonds is 3. The molecule has 0 saturated heterocycles. The minimum Gasteiger partial charge on any atom is -0.452 e. The summed E-state index contributed by atoms with van der Waals surface area (Å²) >= 11 is 11.7. The molecule has 160 valence electrons. The molecule has 1 aliphatic rings. The number of hydrogen-bond acceptors (Lipinski definition) is 6. The summed E-state index contributed by atoms with van der Waals surface area (Å²) < 4.78 is 59.1. The van der Waals surface area contributed by atoms with Crippen LogP contribution in [0.3, 0.4) is 0 Å². The van der Waals surface area contributed by atoms with E-state index in [0.717, 1.165) is 12.1 Å². The summed E-state index contributed by atoms with van der Waals surface area (Å²) in [6.45, 7) is 1.20.